The average Bonchev–Trinajstić information content (AvgIpc) is 1.25. The fraction of sp³-hybridized carbons (Fsp3) is 0. The zero-order valence-corrected chi connectivity index (χ0v) is 8.25. The fourth-order valence-corrected chi connectivity index (χ4v) is 0. The van der Waals surface area contributed by atoms with Gasteiger partial charge < -0.3 is 25.2 Å². The van der Waals surface area contributed by atoms with E-state index in [9.17, 15) is 0 Å². The molecule has 0 saturated heterocycles. The van der Waals surface area contributed by atoms with E-state index < -0.39 is 12.3 Å². The number of carbonyl (C=O) groups excluding carboxylic acids is 1. The van der Waals surface area contributed by atoms with Crippen LogP contribution in [-0.4, -0.2) is 62.6 Å². The van der Waals surface area contributed by atoms with Gasteiger partial charge >= 0.3 is 46.3 Å². The van der Waals surface area contributed by atoms with Crippen LogP contribution in [0.5, 0.6) is 0 Å². The molecule has 0 amide bonds. The molecule has 0 aromatic heterocycles. The molecule has 0 bridgehead atoms. The number of carbonyl (C=O) groups is 2. The summed E-state index contributed by atoms with van der Waals surface area (Å²) in [5, 5.41) is 30.6. The summed E-state index contributed by atoms with van der Waals surface area (Å²) in [6, 6.07) is 0. The number of carboxylic acid groups (broad SMARTS) is 4. The second-order valence-electron chi connectivity index (χ2n) is 0.533. The van der Waals surface area contributed by atoms with Gasteiger partial charge in [0.05, 0.1) is 0 Å². The molecule has 0 unspecified atom stereocenters. The van der Waals surface area contributed by atoms with E-state index in [1.165, 1.54) is 0 Å². The van der Waals surface area contributed by atoms with Crippen molar-refractivity contribution in [2.24, 2.45) is 0 Å². The van der Waals surface area contributed by atoms with E-state index >= 15 is 0 Å². The predicted molar refractivity (Wildman–Crippen MR) is 30.3 cm³/mol. The van der Waals surface area contributed by atoms with Crippen molar-refractivity contribution in [3.63, 3.8) is 0 Å². The Morgan fingerprint density at radius 2 is 1.10 bits per heavy atom. The summed E-state index contributed by atoms with van der Waals surface area (Å²) < 4.78 is 0. The van der Waals surface area contributed by atoms with E-state index in [4.69, 9.17) is 30.0 Å². The van der Waals surface area contributed by atoms with Crippen molar-refractivity contribution in [2.45, 2.75) is 0 Å². The van der Waals surface area contributed by atoms with Gasteiger partial charge in [-0.1, -0.05) is 0 Å². The first-order valence-corrected chi connectivity index (χ1v) is 1.26. The van der Waals surface area contributed by atoms with Crippen molar-refractivity contribution in [1.29, 1.82) is 0 Å². The van der Waals surface area contributed by atoms with Crippen LogP contribution >= 0.6 is 0 Å². The quantitative estimate of drug-likeness (QED) is 0.414. The third kappa shape index (κ3) is 12000. The van der Waals surface area contributed by atoms with Gasteiger partial charge in [-0.25, -0.2) is 4.79 Å². The summed E-state index contributed by atoms with van der Waals surface area (Å²) in [5.41, 5.74) is 0. The Morgan fingerprint density at radius 3 is 1.10 bits per heavy atom. The van der Waals surface area contributed by atoms with E-state index in [0.717, 1.165) is 0 Å². The van der Waals surface area contributed by atoms with Crippen molar-refractivity contribution >= 4 is 52.4 Å². The maximum atomic E-state index is 8.56. The molecule has 0 aromatic carbocycles. The third-order valence-corrected chi connectivity index (χ3v) is 0. The second-order valence-corrected chi connectivity index (χ2v) is 0.533. The van der Waals surface area contributed by atoms with E-state index in [-0.39, 0.29) is 40.1 Å². The Hall–Kier alpha value is -0.174. The van der Waals surface area contributed by atoms with Gasteiger partial charge in [-0.15, -0.1) is 0 Å². The van der Waals surface area contributed by atoms with Crippen molar-refractivity contribution in [3.05, 3.63) is 0 Å². The van der Waals surface area contributed by atoms with Crippen molar-refractivity contribution in [3.8, 4) is 0 Å². The summed E-state index contributed by atoms with van der Waals surface area (Å²) in [7, 11) is 0. The minimum atomic E-state index is -2.33. The van der Waals surface area contributed by atoms with Crippen LogP contribution in [0.3, 0.4) is 0 Å². The molecule has 0 saturated carbocycles. The summed E-state index contributed by atoms with van der Waals surface area (Å²) >= 11 is 0. The summed E-state index contributed by atoms with van der Waals surface area (Å²) in [6.07, 6.45) is -4.17. The molecule has 0 aliphatic heterocycles. The Morgan fingerprint density at radius 1 is 1.10 bits per heavy atom. The topological polar surface area (TPSA) is 121 Å². The SMILES string of the molecule is O=C(O)O.O=C([O-])[O-].[Mg+2].[SeH2]. The zero-order chi connectivity index (χ0) is 7.15. The van der Waals surface area contributed by atoms with Gasteiger partial charge in [0.15, 0.2) is 0 Å². The first-order chi connectivity index (χ1) is 3.46. The molecule has 10 heavy (non-hydrogen) atoms. The molecule has 2 N–H and O–H groups in total. The molecule has 0 fully saturated rings. The van der Waals surface area contributed by atoms with Crippen molar-refractivity contribution < 1.29 is 30.0 Å². The molecule has 0 aromatic rings. The first-order valence-electron chi connectivity index (χ1n) is 1.26. The molecule has 0 aliphatic rings. The fourth-order valence-electron chi connectivity index (χ4n) is 0. The maximum absolute atomic E-state index is 8.56. The van der Waals surface area contributed by atoms with Crippen LogP contribution in [0.2, 0.25) is 0 Å². The first kappa shape index (κ1) is 22.6. The predicted octanol–water partition coefficient (Wildman–Crippen LogP) is -3.52. The molecular formula is C2H4MgO6Se. The van der Waals surface area contributed by atoms with E-state index in [2.05, 4.69) is 0 Å². The second kappa shape index (κ2) is 15.9. The van der Waals surface area contributed by atoms with E-state index in [0.29, 0.717) is 0 Å². The molecular weight excluding hydrogens is 223 g/mol. The average molecular weight is 227 g/mol. The third-order valence-electron chi connectivity index (χ3n) is 0. The van der Waals surface area contributed by atoms with Gasteiger partial charge in [-0.3, -0.25) is 0 Å². The van der Waals surface area contributed by atoms with Crippen LogP contribution in [0.4, 0.5) is 9.59 Å². The molecule has 56 valence electrons. The summed E-state index contributed by atoms with van der Waals surface area (Å²) in [4.78, 5) is 16.9. The number of hydrogen-bond acceptors (Lipinski definition) is 4. The number of rotatable bonds is 0. The Kier molecular flexibility index (Phi) is 35.9. The van der Waals surface area contributed by atoms with Gasteiger partial charge in [0.2, 0.25) is 0 Å². The van der Waals surface area contributed by atoms with Gasteiger partial charge in [-0.2, -0.15) is 0 Å². The van der Waals surface area contributed by atoms with Crippen LogP contribution in [0.1, 0.15) is 0 Å². The van der Waals surface area contributed by atoms with Gasteiger partial charge in [0.1, 0.15) is 0 Å². The monoisotopic (exact) mass is 228 g/mol. The molecule has 0 spiro atoms. The number of hydrogen-bond donors (Lipinski definition) is 2. The van der Waals surface area contributed by atoms with Crippen molar-refractivity contribution in [2.75, 3.05) is 0 Å². The zero-order valence-electron chi connectivity index (χ0n) is 4.73. The Balaban J connectivity index is -0.0000000300. The van der Waals surface area contributed by atoms with Crippen LogP contribution in [0.15, 0.2) is 0 Å². The van der Waals surface area contributed by atoms with E-state index in [1.54, 1.807) is 0 Å². The normalized spacial score (nSPS) is 4.80. The van der Waals surface area contributed by atoms with Crippen molar-refractivity contribution in [1.82, 2.24) is 0 Å². The van der Waals surface area contributed by atoms with Crippen LogP contribution in [0.25, 0.3) is 0 Å². The Bertz CT molecular complexity index is 73.7. The van der Waals surface area contributed by atoms with Crippen LogP contribution in [-0.2, 0) is 0 Å². The molecule has 0 aliphatic carbocycles. The molecule has 0 atom stereocenters. The molecule has 0 radical (unpaired) electrons. The Labute approximate surface area is 82.5 Å². The van der Waals surface area contributed by atoms with Gasteiger partial charge in [0, 0.05) is 0 Å². The van der Waals surface area contributed by atoms with E-state index in [1.807, 2.05) is 0 Å². The molecule has 0 rings (SSSR count). The molecule has 0 heterocycles. The summed E-state index contributed by atoms with van der Waals surface area (Å²) in [5.74, 6) is 0. The van der Waals surface area contributed by atoms with Crippen LogP contribution in [0, 0.1) is 0 Å². The molecule has 6 nitrogen and oxygen atoms in total. The van der Waals surface area contributed by atoms with Crippen LogP contribution < -0.4 is 10.2 Å². The standard InChI is InChI=1S/2CH2O3.Mg.H2Se/c2*2-1(3)4;;/h2*(H2,2,3,4);;1H2/q;;+2;/p-2. The summed E-state index contributed by atoms with van der Waals surface area (Å²) in [6.45, 7) is 0. The van der Waals surface area contributed by atoms with Gasteiger partial charge in [0.25, 0.3) is 0 Å². The molecule has 8 heteroatoms. The minimum absolute atomic E-state index is 0. The van der Waals surface area contributed by atoms with Gasteiger partial charge in [-0.05, 0) is 6.16 Å².